The summed E-state index contributed by atoms with van der Waals surface area (Å²) >= 11 is 0. The number of phenolic OH excluding ortho intramolecular Hbond substituents is 1. The van der Waals surface area contributed by atoms with E-state index in [-0.39, 0.29) is 23.1 Å². The van der Waals surface area contributed by atoms with Crippen LogP contribution in [0.1, 0.15) is 29.4 Å². The number of hydrogen-bond donors (Lipinski definition) is 3. The Kier molecular flexibility index (Phi) is 6.25. The van der Waals surface area contributed by atoms with E-state index >= 15 is 0 Å². The van der Waals surface area contributed by atoms with Crippen molar-refractivity contribution in [3.63, 3.8) is 0 Å². The maximum Gasteiger partial charge on any atom is 0.294 e. The lowest BCUT2D eigenvalue weighted by atomic mass is 10.1. The van der Waals surface area contributed by atoms with Gasteiger partial charge < -0.3 is 15.6 Å². The molecular formula is C21H20N8O4. The summed E-state index contributed by atoms with van der Waals surface area (Å²) in [5, 5.41) is 28.8. The number of aromatic hydroxyl groups is 1. The Morgan fingerprint density at radius 1 is 1.27 bits per heavy atom. The number of phenols is 1. The summed E-state index contributed by atoms with van der Waals surface area (Å²) < 4.78 is 11.6. The first kappa shape index (κ1) is 21.5. The highest BCUT2D eigenvalue weighted by Crippen LogP contribution is 2.28. The predicted octanol–water partition coefficient (Wildman–Crippen LogP) is 2.16. The second kappa shape index (κ2) is 9.60. The van der Waals surface area contributed by atoms with Gasteiger partial charge in [-0.1, -0.05) is 24.3 Å². The van der Waals surface area contributed by atoms with Crippen molar-refractivity contribution >= 4 is 17.9 Å². The fraction of sp³-hybridized carbons (Fsp3) is 0.143. The molecule has 4 aromatic rings. The fourth-order valence-corrected chi connectivity index (χ4v) is 2.93. The molecule has 4 N–H and O–H groups in total. The molecule has 2 aromatic carbocycles. The zero-order valence-corrected chi connectivity index (χ0v) is 17.5. The van der Waals surface area contributed by atoms with Crippen molar-refractivity contribution in [2.75, 3.05) is 12.3 Å². The van der Waals surface area contributed by atoms with Crippen LogP contribution in [0.3, 0.4) is 0 Å². The maximum absolute atomic E-state index is 12.9. The third-order valence-electron chi connectivity index (χ3n) is 4.43. The van der Waals surface area contributed by atoms with Gasteiger partial charge in [-0.15, -0.1) is 5.10 Å². The number of amides is 1. The number of rotatable bonds is 8. The van der Waals surface area contributed by atoms with E-state index in [9.17, 15) is 9.90 Å². The summed E-state index contributed by atoms with van der Waals surface area (Å²) in [5.41, 5.74) is 9.72. The Labute approximate surface area is 187 Å². The Bertz CT molecular complexity index is 1280. The predicted molar refractivity (Wildman–Crippen MR) is 118 cm³/mol. The van der Waals surface area contributed by atoms with Crippen LogP contribution in [0.5, 0.6) is 11.5 Å². The molecular weight excluding hydrogens is 428 g/mol. The molecule has 1 amide bonds. The Morgan fingerprint density at radius 2 is 2.09 bits per heavy atom. The minimum atomic E-state index is -0.617. The Hall–Kier alpha value is -4.74. The normalized spacial score (nSPS) is 11.1. The second-order valence-electron chi connectivity index (χ2n) is 6.84. The zero-order chi connectivity index (χ0) is 23.2. The van der Waals surface area contributed by atoms with Gasteiger partial charge in [0.15, 0.2) is 5.69 Å². The summed E-state index contributed by atoms with van der Waals surface area (Å²) in [7, 11) is 0. The third kappa shape index (κ3) is 4.79. The number of nitrogens with two attached hydrogens (primary N) is 1. The standard InChI is InChI=1S/C21H20N8O4/c1-2-10-32-16-8-6-14(7-9-16)18-17(24-28-29(18)20-19(22)26-33-27-20)21(31)25-23-12-13-4-3-5-15(30)11-13/h3-9,11-12,30H,2,10H2,1H3,(H2,22,26)(H,25,31)/b23-12-. The maximum atomic E-state index is 12.9. The molecule has 33 heavy (non-hydrogen) atoms. The van der Waals surface area contributed by atoms with Gasteiger partial charge in [0.05, 0.1) is 12.8 Å². The number of hydrogen-bond acceptors (Lipinski definition) is 10. The molecule has 0 fully saturated rings. The number of nitrogen functional groups attached to an aromatic ring is 1. The van der Waals surface area contributed by atoms with Crippen LogP contribution >= 0.6 is 0 Å². The van der Waals surface area contributed by atoms with E-state index in [4.69, 9.17) is 10.5 Å². The van der Waals surface area contributed by atoms with Crippen LogP contribution in [0.2, 0.25) is 0 Å². The molecule has 0 saturated heterocycles. The van der Waals surface area contributed by atoms with E-state index < -0.39 is 5.91 Å². The quantitative estimate of drug-likeness (QED) is 0.270. The molecule has 2 heterocycles. The molecule has 0 aliphatic carbocycles. The van der Waals surface area contributed by atoms with E-state index in [1.807, 2.05) is 6.92 Å². The molecule has 12 nitrogen and oxygen atoms in total. The SMILES string of the molecule is CCCOc1ccc(-c2c(C(=O)N/N=C\c3cccc(O)c3)nnn2-c2nonc2N)cc1. The summed E-state index contributed by atoms with van der Waals surface area (Å²) in [5.74, 6) is 0.225. The number of benzene rings is 2. The van der Waals surface area contributed by atoms with Crippen molar-refractivity contribution in [1.82, 2.24) is 30.7 Å². The first-order valence-electron chi connectivity index (χ1n) is 9.96. The average molecular weight is 448 g/mol. The van der Waals surface area contributed by atoms with Crippen LogP contribution in [0.25, 0.3) is 17.1 Å². The third-order valence-corrected chi connectivity index (χ3v) is 4.43. The van der Waals surface area contributed by atoms with Crippen LogP contribution in [-0.2, 0) is 0 Å². The molecule has 2 aromatic heterocycles. The van der Waals surface area contributed by atoms with E-state index in [0.717, 1.165) is 6.42 Å². The van der Waals surface area contributed by atoms with Crippen LogP contribution in [0, 0.1) is 0 Å². The zero-order valence-electron chi connectivity index (χ0n) is 17.5. The number of carbonyl (C=O) groups is 1. The van der Waals surface area contributed by atoms with Crippen molar-refractivity contribution in [1.29, 1.82) is 0 Å². The number of carbonyl (C=O) groups excluding carboxylic acids is 1. The van der Waals surface area contributed by atoms with Crippen LogP contribution in [0.4, 0.5) is 5.82 Å². The molecule has 0 spiro atoms. The largest absolute Gasteiger partial charge is 0.508 e. The number of anilines is 1. The summed E-state index contributed by atoms with van der Waals surface area (Å²) in [4.78, 5) is 12.9. The van der Waals surface area contributed by atoms with Gasteiger partial charge in [0, 0.05) is 5.56 Å². The highest BCUT2D eigenvalue weighted by atomic mass is 16.6. The molecule has 12 heteroatoms. The molecule has 0 atom stereocenters. The summed E-state index contributed by atoms with van der Waals surface area (Å²) in [6.07, 6.45) is 2.27. The Morgan fingerprint density at radius 3 is 2.79 bits per heavy atom. The smallest absolute Gasteiger partial charge is 0.294 e. The molecule has 0 aliphatic rings. The molecule has 0 unspecified atom stereocenters. The monoisotopic (exact) mass is 448 g/mol. The number of nitrogens with one attached hydrogen (secondary N) is 1. The highest BCUT2D eigenvalue weighted by molar-refractivity contribution is 5.98. The van der Waals surface area contributed by atoms with Crippen molar-refractivity contribution in [3.05, 3.63) is 59.8 Å². The van der Waals surface area contributed by atoms with Crippen LogP contribution in [0.15, 0.2) is 58.3 Å². The van der Waals surface area contributed by atoms with E-state index in [1.54, 1.807) is 36.4 Å². The van der Waals surface area contributed by atoms with Crippen LogP contribution < -0.4 is 15.9 Å². The number of aromatic nitrogens is 5. The van der Waals surface area contributed by atoms with Gasteiger partial charge in [-0.05, 0) is 58.7 Å². The van der Waals surface area contributed by atoms with Gasteiger partial charge in [0.25, 0.3) is 5.91 Å². The van der Waals surface area contributed by atoms with Gasteiger partial charge in [-0.3, -0.25) is 4.79 Å². The summed E-state index contributed by atoms with van der Waals surface area (Å²) in [6, 6.07) is 13.5. The minimum absolute atomic E-state index is 0.0158. The summed E-state index contributed by atoms with van der Waals surface area (Å²) in [6.45, 7) is 2.60. The Balaban J connectivity index is 1.66. The minimum Gasteiger partial charge on any atom is -0.508 e. The highest BCUT2D eigenvalue weighted by Gasteiger charge is 2.25. The molecule has 0 bridgehead atoms. The van der Waals surface area contributed by atoms with Gasteiger partial charge in [-0.2, -0.15) is 9.78 Å². The number of nitrogens with zero attached hydrogens (tertiary/aromatic N) is 6. The number of ether oxygens (including phenoxy) is 1. The molecule has 0 radical (unpaired) electrons. The van der Waals surface area contributed by atoms with Crippen molar-refractivity contribution in [2.45, 2.75) is 13.3 Å². The van der Waals surface area contributed by atoms with Gasteiger partial charge in [-0.25, -0.2) is 10.1 Å². The van der Waals surface area contributed by atoms with Gasteiger partial charge in [0.1, 0.15) is 17.2 Å². The fourth-order valence-electron chi connectivity index (χ4n) is 2.93. The lowest BCUT2D eigenvalue weighted by Gasteiger charge is -2.08. The van der Waals surface area contributed by atoms with E-state index in [0.29, 0.717) is 29.2 Å². The molecule has 168 valence electrons. The molecule has 0 aliphatic heterocycles. The van der Waals surface area contributed by atoms with Crippen molar-refractivity contribution in [2.24, 2.45) is 5.10 Å². The number of hydrazone groups is 1. The van der Waals surface area contributed by atoms with E-state index in [2.05, 4.69) is 35.8 Å². The lowest BCUT2D eigenvalue weighted by molar-refractivity contribution is 0.0950. The van der Waals surface area contributed by atoms with Crippen LogP contribution in [-0.4, -0.2) is 49.1 Å². The van der Waals surface area contributed by atoms with E-state index in [1.165, 1.54) is 23.0 Å². The molecule has 0 saturated carbocycles. The van der Waals surface area contributed by atoms with Crippen molar-refractivity contribution < 1.29 is 19.3 Å². The van der Waals surface area contributed by atoms with Crippen molar-refractivity contribution in [3.8, 4) is 28.6 Å². The average Bonchev–Trinajstić information content (AvgIpc) is 3.44. The second-order valence-corrected chi connectivity index (χ2v) is 6.84. The first-order chi connectivity index (χ1) is 16.1. The topological polar surface area (TPSA) is 167 Å². The molecule has 4 rings (SSSR count). The van der Waals surface area contributed by atoms with Gasteiger partial charge in [0.2, 0.25) is 11.6 Å². The van der Waals surface area contributed by atoms with Gasteiger partial charge >= 0.3 is 0 Å². The first-order valence-corrected chi connectivity index (χ1v) is 9.96. The lowest BCUT2D eigenvalue weighted by Crippen LogP contribution is -2.19.